The molecule has 1 aliphatic heterocycles. The van der Waals surface area contributed by atoms with E-state index in [1.54, 1.807) is 6.92 Å². The van der Waals surface area contributed by atoms with Crippen LogP contribution in [0.5, 0.6) is 0 Å². The van der Waals surface area contributed by atoms with Gasteiger partial charge < -0.3 is 35.4 Å². The summed E-state index contributed by atoms with van der Waals surface area (Å²) < 4.78 is 0. The number of hydrogen-bond acceptors (Lipinski definition) is 3. The van der Waals surface area contributed by atoms with E-state index >= 15 is 0 Å². The molecule has 0 aromatic carbocycles. The fourth-order valence-electron chi connectivity index (χ4n) is 2.53. The monoisotopic (exact) mass is 570 g/mol. The van der Waals surface area contributed by atoms with Crippen LogP contribution in [-0.4, -0.2) is 35.6 Å². The largest absolute Gasteiger partial charge is 0.652 e. The van der Waals surface area contributed by atoms with Crippen LogP contribution in [-0.2, 0) is 63.4 Å². The maximum Gasteiger partial charge on any atom is 0.226 e. The molecule has 2 rings (SSSR count). The molecule has 23 heavy (non-hydrogen) atoms. The van der Waals surface area contributed by atoms with Crippen molar-refractivity contribution in [2.24, 2.45) is 11.8 Å². The summed E-state index contributed by atoms with van der Waals surface area (Å²) in [6.07, 6.45) is 4.81. The summed E-state index contributed by atoms with van der Waals surface area (Å²) in [7, 11) is 0. The van der Waals surface area contributed by atoms with Crippen molar-refractivity contribution < 1.29 is 68.5 Å². The summed E-state index contributed by atoms with van der Waals surface area (Å²) in [5.74, 6) is -0.248. The Bertz CT molecular complexity index is 352. The topological polar surface area (TPSA) is 80.5 Å². The van der Waals surface area contributed by atoms with Gasteiger partial charge in [0.05, 0.1) is 24.0 Å². The minimum absolute atomic E-state index is 0. The molecule has 7 heteroatoms. The van der Waals surface area contributed by atoms with E-state index in [9.17, 15) is 14.7 Å². The number of amides is 2. The van der Waals surface area contributed by atoms with Gasteiger partial charge in [-0.1, -0.05) is 25.7 Å². The van der Waals surface area contributed by atoms with E-state index in [2.05, 4.69) is 10.6 Å². The van der Waals surface area contributed by atoms with Gasteiger partial charge in [-0.25, -0.2) is 0 Å². The maximum absolute atomic E-state index is 12.2. The van der Waals surface area contributed by atoms with E-state index in [-0.39, 0.29) is 80.4 Å². The van der Waals surface area contributed by atoms with Crippen molar-refractivity contribution in [2.75, 3.05) is 6.54 Å². The predicted molar refractivity (Wildman–Crippen MR) is 84.4 cm³/mol. The Kier molecular flexibility index (Phi) is 17.2. The zero-order chi connectivity index (χ0) is 13.8. The standard InChI is InChI=1S/C14H24N2O3.2CH3.W.Y/c1-9(17)11(8-10-5-6-10)13(18)16-12-4-2-3-7-15-14(12)19;;;;/h9-12,17H,2-8H2,1H3,(H2,15,16,18,19);2*1H3;;/q;2*-1;;/p-1/t9-,11+,12-;;;;/m0..../s1. The molecule has 2 fully saturated rings. The van der Waals surface area contributed by atoms with E-state index < -0.39 is 18.1 Å². The Morgan fingerprint density at radius 2 is 1.91 bits per heavy atom. The smallest absolute Gasteiger partial charge is 0.226 e. The third kappa shape index (κ3) is 9.67. The van der Waals surface area contributed by atoms with Gasteiger partial charge in [0.1, 0.15) is 0 Å². The van der Waals surface area contributed by atoms with Crippen LogP contribution in [0.15, 0.2) is 0 Å². The second-order valence-electron chi connectivity index (χ2n) is 5.80. The van der Waals surface area contributed by atoms with Gasteiger partial charge in [0, 0.05) is 53.8 Å². The number of aliphatic hydroxyl groups is 1. The first-order chi connectivity index (χ1) is 9.08. The maximum atomic E-state index is 12.2. The Balaban J connectivity index is -0.000001000. The van der Waals surface area contributed by atoms with E-state index in [4.69, 9.17) is 0 Å². The average molecular weight is 570 g/mol. The zero-order valence-corrected chi connectivity index (χ0v) is 20.2. The third-order valence-corrected chi connectivity index (χ3v) is 3.99. The molecule has 0 aromatic heterocycles. The zero-order valence-electron chi connectivity index (χ0n) is 14.5. The van der Waals surface area contributed by atoms with Crippen molar-refractivity contribution >= 4 is 11.8 Å². The first-order valence-electron chi connectivity index (χ1n) is 7.27. The normalized spacial score (nSPS) is 22.3. The van der Waals surface area contributed by atoms with Gasteiger partial charge in [-0.05, 0) is 25.7 Å². The second-order valence-corrected chi connectivity index (χ2v) is 5.80. The van der Waals surface area contributed by atoms with Gasteiger partial charge >= 0.3 is 0 Å². The molecule has 0 unspecified atom stereocenters. The summed E-state index contributed by atoms with van der Waals surface area (Å²) in [4.78, 5) is 23.9. The Labute approximate surface area is 180 Å². The van der Waals surface area contributed by atoms with Gasteiger partial charge in [0.15, 0.2) is 0 Å². The molecule has 2 amide bonds. The summed E-state index contributed by atoms with van der Waals surface area (Å²) in [6, 6.07) is -0.490. The van der Waals surface area contributed by atoms with Gasteiger partial charge in [-0.2, -0.15) is 0 Å². The first kappa shape index (κ1) is 28.5. The molecule has 2 aliphatic rings. The number of nitrogens with one attached hydrogen (secondary N) is 1. The first-order valence-corrected chi connectivity index (χ1v) is 7.27. The van der Waals surface area contributed by atoms with Crippen molar-refractivity contribution in [3.05, 3.63) is 20.2 Å². The van der Waals surface area contributed by atoms with E-state index in [1.165, 1.54) is 0 Å². The van der Waals surface area contributed by atoms with Crippen LogP contribution in [0.25, 0.3) is 5.32 Å². The van der Waals surface area contributed by atoms with Gasteiger partial charge in [-0.3, -0.25) is 4.79 Å². The summed E-state index contributed by atoms with van der Waals surface area (Å²) in [5.41, 5.74) is 0. The Hall–Kier alpha value is 0.692. The fraction of sp³-hybridized carbons (Fsp3) is 0.750. The van der Waals surface area contributed by atoms with Crippen LogP contribution in [0.2, 0.25) is 0 Å². The van der Waals surface area contributed by atoms with Crippen LogP contribution in [0.3, 0.4) is 0 Å². The summed E-state index contributed by atoms with van der Waals surface area (Å²) in [6.45, 7) is 2.21. The number of carbonyl (C=O) groups is 2. The molecule has 1 radical (unpaired) electrons. The third-order valence-electron chi connectivity index (χ3n) is 3.99. The van der Waals surface area contributed by atoms with Crippen molar-refractivity contribution in [3.8, 4) is 0 Å². The number of hydrogen-bond donors (Lipinski definition) is 2. The molecule has 3 atom stereocenters. The average Bonchev–Trinajstić information content (AvgIpc) is 3.16. The van der Waals surface area contributed by atoms with Crippen molar-refractivity contribution in [3.63, 3.8) is 0 Å². The number of aliphatic hydroxyl groups excluding tert-OH is 1. The quantitative estimate of drug-likeness (QED) is 0.499. The van der Waals surface area contributed by atoms with Crippen LogP contribution in [0, 0.1) is 26.7 Å². The molecule has 0 bridgehead atoms. The minimum atomic E-state index is -0.668. The number of carbonyl (C=O) groups excluding carboxylic acids is 2. The Morgan fingerprint density at radius 1 is 1.30 bits per heavy atom. The SMILES string of the molecule is C[C@H](O)[C@@H](CC1CC1)C(=O)N[C@H]1CCCC[N-]C1=O.[CH3-].[CH3-].[W].[Y]. The fourth-order valence-corrected chi connectivity index (χ4v) is 2.53. The molecular formula is C16H29N2O3WY-3. The molecule has 133 valence electrons. The van der Waals surface area contributed by atoms with E-state index in [1.807, 2.05) is 0 Å². The second kappa shape index (κ2) is 13.9. The number of rotatable bonds is 5. The van der Waals surface area contributed by atoms with Crippen molar-refractivity contribution in [1.82, 2.24) is 5.32 Å². The van der Waals surface area contributed by atoms with Crippen molar-refractivity contribution in [2.45, 2.75) is 57.6 Å². The van der Waals surface area contributed by atoms with Crippen LogP contribution >= 0.6 is 0 Å². The molecule has 0 aromatic rings. The van der Waals surface area contributed by atoms with E-state index in [0.29, 0.717) is 18.9 Å². The van der Waals surface area contributed by atoms with Crippen molar-refractivity contribution in [1.29, 1.82) is 0 Å². The molecule has 5 nitrogen and oxygen atoms in total. The molecular weight excluding hydrogens is 541 g/mol. The summed E-state index contributed by atoms with van der Waals surface area (Å²) >= 11 is 0. The van der Waals surface area contributed by atoms with Gasteiger partial charge in [-0.15, -0.1) is 6.54 Å². The molecule has 1 heterocycles. The van der Waals surface area contributed by atoms with Crippen LogP contribution < -0.4 is 5.32 Å². The van der Waals surface area contributed by atoms with Gasteiger partial charge in [0.25, 0.3) is 0 Å². The van der Waals surface area contributed by atoms with Crippen LogP contribution in [0.1, 0.15) is 45.4 Å². The molecule has 1 saturated heterocycles. The van der Waals surface area contributed by atoms with E-state index in [0.717, 1.165) is 32.1 Å². The molecule has 2 N–H and O–H groups in total. The number of nitrogens with zero attached hydrogens (tertiary/aromatic N) is 1. The van der Waals surface area contributed by atoms with Gasteiger partial charge in [0.2, 0.25) is 5.91 Å². The van der Waals surface area contributed by atoms with Crippen LogP contribution in [0.4, 0.5) is 0 Å². The molecule has 1 saturated carbocycles. The molecule has 0 spiro atoms. The minimum Gasteiger partial charge on any atom is -0.652 e. The molecule has 1 aliphatic carbocycles. The predicted octanol–water partition coefficient (Wildman–Crippen LogP) is 2.25. The Morgan fingerprint density at radius 3 is 2.43 bits per heavy atom. The summed E-state index contributed by atoms with van der Waals surface area (Å²) in [5, 5.41) is 16.4.